The lowest BCUT2D eigenvalue weighted by atomic mass is 10.0. The van der Waals surface area contributed by atoms with Gasteiger partial charge in [0.15, 0.2) is 17.3 Å². The minimum Gasteiger partial charge on any atom is -0.493 e. The molecule has 0 bridgehead atoms. The molecule has 0 aromatic heterocycles. The highest BCUT2D eigenvalue weighted by atomic mass is 16.5. The number of allylic oxidation sites excluding steroid dienone is 1. The van der Waals surface area contributed by atoms with E-state index in [1.165, 1.54) is 33.5 Å². The highest BCUT2D eigenvalue weighted by Crippen LogP contribution is 2.38. The molecule has 0 saturated carbocycles. The van der Waals surface area contributed by atoms with Gasteiger partial charge in [-0.3, -0.25) is 9.59 Å². The van der Waals surface area contributed by atoms with Crippen molar-refractivity contribution < 1.29 is 28.6 Å². The summed E-state index contributed by atoms with van der Waals surface area (Å²) in [5.74, 6) is 0.525. The number of ether oxygens (including phenoxy) is 3. The lowest BCUT2D eigenvalue weighted by Crippen LogP contribution is -2.50. The number of methoxy groups -OCH3 is 3. The molecule has 1 N–H and O–H groups in total. The molecule has 0 atom stereocenters. The maximum Gasteiger partial charge on any atom is 0.322 e. The predicted octanol–water partition coefficient (Wildman–Crippen LogP) is 3.49. The molecule has 2 aliphatic heterocycles. The lowest BCUT2D eigenvalue weighted by Gasteiger charge is -2.40. The van der Waals surface area contributed by atoms with Crippen molar-refractivity contribution >= 4 is 23.4 Å². The van der Waals surface area contributed by atoms with Gasteiger partial charge in [0.2, 0.25) is 11.7 Å². The van der Waals surface area contributed by atoms with E-state index in [1.807, 2.05) is 29.2 Å². The number of hydrogen-bond acceptors (Lipinski definition) is 6. The Hall–Kier alpha value is -4.01. The van der Waals surface area contributed by atoms with Gasteiger partial charge in [-0.15, -0.1) is 0 Å². The summed E-state index contributed by atoms with van der Waals surface area (Å²) in [6.45, 7) is 1.58. The third-order valence-corrected chi connectivity index (χ3v) is 6.40. The molecule has 0 aliphatic carbocycles. The first-order valence-electron chi connectivity index (χ1n) is 11.4. The van der Waals surface area contributed by atoms with Crippen LogP contribution in [-0.4, -0.2) is 68.0 Å². The molecule has 9 nitrogen and oxygen atoms in total. The van der Waals surface area contributed by atoms with Crippen LogP contribution in [0, 0.1) is 0 Å². The van der Waals surface area contributed by atoms with Crippen molar-refractivity contribution in [2.24, 2.45) is 0 Å². The monoisotopic (exact) mass is 479 g/mol. The minimum absolute atomic E-state index is 0.0530. The summed E-state index contributed by atoms with van der Waals surface area (Å²) >= 11 is 0. The number of carbonyl (C=O) groups is 3. The summed E-state index contributed by atoms with van der Waals surface area (Å²) in [7, 11) is 4.43. The summed E-state index contributed by atoms with van der Waals surface area (Å²) in [6.07, 6.45) is 3.89. The first-order valence-corrected chi connectivity index (χ1v) is 11.4. The number of nitrogens with one attached hydrogen (secondary N) is 1. The topological polar surface area (TPSA) is 97.4 Å². The molecule has 0 spiro atoms. The molecule has 9 heteroatoms. The number of fused-ring (bicyclic) bond motifs is 1. The number of amides is 3. The Morgan fingerprint density at radius 1 is 0.971 bits per heavy atom. The van der Waals surface area contributed by atoms with Gasteiger partial charge in [0, 0.05) is 43.0 Å². The van der Waals surface area contributed by atoms with E-state index in [-0.39, 0.29) is 23.8 Å². The third-order valence-electron chi connectivity index (χ3n) is 6.40. The molecule has 0 radical (unpaired) electrons. The number of piperidine rings is 1. The summed E-state index contributed by atoms with van der Waals surface area (Å²) in [4.78, 5) is 41.5. The summed E-state index contributed by atoms with van der Waals surface area (Å²) in [6, 6.07) is 10.8. The number of nitrogens with zero attached hydrogens (tertiary/aromatic N) is 2. The number of likely N-dealkylation sites (tertiary alicyclic amines) is 1. The van der Waals surface area contributed by atoms with Crippen molar-refractivity contribution in [1.82, 2.24) is 9.80 Å². The molecule has 184 valence electrons. The fraction of sp³-hybridized carbons (Fsp3) is 0.346. The van der Waals surface area contributed by atoms with E-state index in [1.54, 1.807) is 17.0 Å². The summed E-state index contributed by atoms with van der Waals surface area (Å²) < 4.78 is 15.9. The second kappa shape index (κ2) is 10.5. The van der Waals surface area contributed by atoms with Gasteiger partial charge in [0.05, 0.1) is 21.3 Å². The Labute approximate surface area is 204 Å². The van der Waals surface area contributed by atoms with Crippen LogP contribution in [0.5, 0.6) is 17.2 Å². The molecule has 2 aromatic carbocycles. The Balaban J connectivity index is 1.36. The van der Waals surface area contributed by atoms with E-state index < -0.39 is 0 Å². The van der Waals surface area contributed by atoms with Gasteiger partial charge >= 0.3 is 6.03 Å². The number of carbonyl (C=O) groups excluding carboxylic acids is 3. The molecule has 2 aromatic rings. The zero-order chi connectivity index (χ0) is 24.9. The van der Waals surface area contributed by atoms with Gasteiger partial charge in [-0.1, -0.05) is 18.2 Å². The first-order chi connectivity index (χ1) is 16.9. The van der Waals surface area contributed by atoms with Crippen molar-refractivity contribution in [2.45, 2.75) is 25.4 Å². The Morgan fingerprint density at radius 3 is 2.26 bits per heavy atom. The fourth-order valence-corrected chi connectivity index (χ4v) is 4.49. The molecular formula is C26H29N3O6. The average molecular weight is 480 g/mol. The zero-order valence-corrected chi connectivity index (χ0v) is 20.1. The lowest BCUT2D eigenvalue weighted by molar-refractivity contribution is -0.127. The van der Waals surface area contributed by atoms with Crippen LogP contribution < -0.4 is 19.5 Å². The predicted molar refractivity (Wildman–Crippen MR) is 130 cm³/mol. The number of ketones is 1. The minimum atomic E-state index is -0.351. The molecule has 35 heavy (non-hydrogen) atoms. The largest absolute Gasteiger partial charge is 0.493 e. The normalized spacial score (nSPS) is 16.0. The maximum atomic E-state index is 12.7. The number of para-hydroxylation sites is 1. The van der Waals surface area contributed by atoms with Gasteiger partial charge in [-0.25, -0.2) is 4.79 Å². The third kappa shape index (κ3) is 5.08. The quantitative estimate of drug-likeness (QED) is 0.482. The first kappa shape index (κ1) is 24.1. The van der Waals surface area contributed by atoms with Gasteiger partial charge in [-0.2, -0.15) is 0 Å². The van der Waals surface area contributed by atoms with Crippen LogP contribution in [0.4, 0.5) is 10.5 Å². The molecule has 1 saturated heterocycles. The highest BCUT2D eigenvalue weighted by molar-refractivity contribution is 6.08. The molecular weight excluding hydrogens is 450 g/mol. The molecule has 1 fully saturated rings. The Morgan fingerprint density at radius 2 is 1.63 bits per heavy atom. The Bertz CT molecular complexity index is 1130. The zero-order valence-electron chi connectivity index (χ0n) is 20.1. The smallest absolute Gasteiger partial charge is 0.322 e. The molecule has 4 rings (SSSR count). The number of rotatable bonds is 7. The number of hydrogen-bond donors (Lipinski definition) is 1. The maximum absolute atomic E-state index is 12.7. The van der Waals surface area contributed by atoms with Crippen LogP contribution in [0.15, 0.2) is 48.6 Å². The number of benzene rings is 2. The van der Waals surface area contributed by atoms with Gasteiger partial charge in [-0.05, 0) is 42.7 Å². The van der Waals surface area contributed by atoms with Crippen LogP contribution in [0.1, 0.15) is 28.8 Å². The molecule has 0 unspecified atom stereocenters. The standard InChI is InChI=1S/C26H29N3O6/c1-33-22-14-18(15-23(34-2)25(22)35-3)21(30)8-9-24(31)28-12-10-19(11-13-28)29-16-17-6-4-5-7-20(17)27-26(29)32/h4-9,14-15,19H,10-13,16H2,1-3H3,(H,27,32)/b9-8+. The number of urea groups is 1. The second-order valence-electron chi connectivity index (χ2n) is 8.38. The SMILES string of the molecule is COc1cc(C(=O)/C=C/C(=O)N2CCC(N3Cc4ccccc4NC3=O)CC2)cc(OC)c1OC. The van der Waals surface area contributed by atoms with E-state index in [4.69, 9.17) is 14.2 Å². The van der Waals surface area contributed by atoms with Crippen LogP contribution >= 0.6 is 0 Å². The fourth-order valence-electron chi connectivity index (χ4n) is 4.49. The average Bonchev–Trinajstić information content (AvgIpc) is 2.90. The van der Waals surface area contributed by atoms with Crippen LogP contribution in [0.2, 0.25) is 0 Å². The van der Waals surface area contributed by atoms with Gasteiger partial charge in [0.25, 0.3) is 0 Å². The van der Waals surface area contributed by atoms with Crippen LogP contribution in [-0.2, 0) is 11.3 Å². The van der Waals surface area contributed by atoms with Crippen molar-refractivity contribution in [1.29, 1.82) is 0 Å². The van der Waals surface area contributed by atoms with Crippen molar-refractivity contribution in [2.75, 3.05) is 39.7 Å². The van der Waals surface area contributed by atoms with E-state index in [0.717, 1.165) is 11.3 Å². The van der Waals surface area contributed by atoms with Crippen molar-refractivity contribution in [3.05, 3.63) is 59.7 Å². The van der Waals surface area contributed by atoms with Crippen LogP contribution in [0.25, 0.3) is 0 Å². The van der Waals surface area contributed by atoms with E-state index >= 15 is 0 Å². The van der Waals surface area contributed by atoms with Gasteiger partial charge < -0.3 is 29.3 Å². The second-order valence-corrected chi connectivity index (χ2v) is 8.38. The number of anilines is 1. The van der Waals surface area contributed by atoms with Crippen molar-refractivity contribution in [3.8, 4) is 17.2 Å². The summed E-state index contributed by atoms with van der Waals surface area (Å²) in [5, 5.41) is 2.95. The molecule has 2 aliphatic rings. The summed E-state index contributed by atoms with van der Waals surface area (Å²) in [5.41, 5.74) is 2.25. The van der Waals surface area contributed by atoms with E-state index in [0.29, 0.717) is 55.3 Å². The van der Waals surface area contributed by atoms with Crippen molar-refractivity contribution in [3.63, 3.8) is 0 Å². The van der Waals surface area contributed by atoms with E-state index in [9.17, 15) is 14.4 Å². The Kier molecular flexibility index (Phi) is 7.24. The van der Waals surface area contributed by atoms with Gasteiger partial charge in [0.1, 0.15) is 0 Å². The van der Waals surface area contributed by atoms with Crippen LogP contribution in [0.3, 0.4) is 0 Å². The van der Waals surface area contributed by atoms with E-state index in [2.05, 4.69) is 5.32 Å². The highest BCUT2D eigenvalue weighted by Gasteiger charge is 2.32. The molecule has 2 heterocycles. The molecule has 3 amide bonds.